The first kappa shape index (κ1) is 18.5. The first-order chi connectivity index (χ1) is 12.0. The molecule has 5 nitrogen and oxygen atoms in total. The zero-order valence-corrected chi connectivity index (χ0v) is 14.9. The fourth-order valence-corrected chi connectivity index (χ4v) is 2.33. The van der Waals surface area contributed by atoms with E-state index in [2.05, 4.69) is 5.32 Å². The molecule has 2 amide bonds. The Kier molecular flexibility index (Phi) is 6.57. The van der Waals surface area contributed by atoms with Crippen molar-refractivity contribution in [2.75, 3.05) is 26.0 Å². The topological polar surface area (TPSA) is 58.6 Å². The van der Waals surface area contributed by atoms with Gasteiger partial charge in [-0.3, -0.25) is 9.59 Å². The van der Waals surface area contributed by atoms with Crippen LogP contribution in [-0.4, -0.2) is 37.4 Å². The van der Waals surface area contributed by atoms with Gasteiger partial charge in [0, 0.05) is 31.8 Å². The molecule has 2 rings (SSSR count). The molecule has 0 aromatic heterocycles. The molecular weight excluding hydrogens is 316 g/mol. The highest BCUT2D eigenvalue weighted by Gasteiger charge is 2.08. The summed E-state index contributed by atoms with van der Waals surface area (Å²) in [5.41, 5.74) is 2.33. The molecule has 0 fully saturated rings. The third kappa shape index (κ3) is 5.64. The molecule has 0 bridgehead atoms. The van der Waals surface area contributed by atoms with Gasteiger partial charge in [0.25, 0.3) is 5.91 Å². The van der Waals surface area contributed by atoms with Crippen molar-refractivity contribution in [2.24, 2.45) is 0 Å². The van der Waals surface area contributed by atoms with Gasteiger partial charge in [0.05, 0.1) is 6.61 Å². The first-order valence-corrected chi connectivity index (χ1v) is 8.33. The molecule has 25 heavy (non-hydrogen) atoms. The molecule has 0 spiro atoms. The predicted octanol–water partition coefficient (Wildman–Crippen LogP) is 3.36. The van der Waals surface area contributed by atoms with Gasteiger partial charge in [-0.1, -0.05) is 18.2 Å². The minimum atomic E-state index is -0.183. The van der Waals surface area contributed by atoms with Gasteiger partial charge < -0.3 is 15.0 Å². The Balaban J connectivity index is 1.95. The van der Waals surface area contributed by atoms with Crippen LogP contribution in [-0.2, 0) is 11.2 Å². The highest BCUT2D eigenvalue weighted by atomic mass is 16.5. The molecule has 0 saturated carbocycles. The molecule has 5 heteroatoms. The molecule has 0 atom stereocenters. The van der Waals surface area contributed by atoms with Crippen LogP contribution < -0.4 is 10.1 Å². The lowest BCUT2D eigenvalue weighted by atomic mass is 10.1. The van der Waals surface area contributed by atoms with Crippen LogP contribution in [0.4, 0.5) is 5.69 Å². The zero-order valence-electron chi connectivity index (χ0n) is 14.9. The standard InChI is InChI=1S/C20H24N2O3/c1-4-25-18-7-5-6-16(14-18)20(24)21-17-11-8-15(9-12-17)10-13-19(23)22(2)3/h5-9,11-12,14H,4,10,13H2,1-3H3,(H,21,24). The molecule has 2 aromatic rings. The Hall–Kier alpha value is -2.82. The van der Waals surface area contributed by atoms with E-state index < -0.39 is 0 Å². The van der Waals surface area contributed by atoms with E-state index in [1.807, 2.05) is 37.3 Å². The van der Waals surface area contributed by atoms with Crippen LogP contribution >= 0.6 is 0 Å². The Morgan fingerprint density at radius 2 is 1.80 bits per heavy atom. The summed E-state index contributed by atoms with van der Waals surface area (Å²) in [7, 11) is 3.50. The SMILES string of the molecule is CCOc1cccc(C(=O)Nc2ccc(CCC(=O)N(C)C)cc2)c1. The van der Waals surface area contributed by atoms with Crippen LogP contribution in [0.1, 0.15) is 29.3 Å². The maximum atomic E-state index is 12.3. The summed E-state index contributed by atoms with van der Waals surface area (Å²) in [6.07, 6.45) is 1.16. The maximum Gasteiger partial charge on any atom is 0.255 e. The maximum absolute atomic E-state index is 12.3. The zero-order chi connectivity index (χ0) is 18.2. The number of rotatable bonds is 7. The Morgan fingerprint density at radius 1 is 1.08 bits per heavy atom. The van der Waals surface area contributed by atoms with E-state index in [9.17, 15) is 9.59 Å². The molecule has 0 radical (unpaired) electrons. The molecule has 0 heterocycles. The minimum absolute atomic E-state index is 0.103. The average Bonchev–Trinajstić information content (AvgIpc) is 2.61. The fourth-order valence-electron chi connectivity index (χ4n) is 2.33. The number of nitrogens with one attached hydrogen (secondary N) is 1. The van der Waals surface area contributed by atoms with Crippen LogP contribution in [0, 0.1) is 0 Å². The van der Waals surface area contributed by atoms with E-state index in [4.69, 9.17) is 4.74 Å². The second-order valence-electron chi connectivity index (χ2n) is 5.90. The van der Waals surface area contributed by atoms with E-state index in [-0.39, 0.29) is 11.8 Å². The van der Waals surface area contributed by atoms with Crippen molar-refractivity contribution in [1.82, 2.24) is 4.90 Å². The van der Waals surface area contributed by atoms with E-state index in [0.717, 1.165) is 11.3 Å². The number of hydrogen-bond donors (Lipinski definition) is 1. The van der Waals surface area contributed by atoms with Crippen molar-refractivity contribution >= 4 is 17.5 Å². The number of carbonyl (C=O) groups excluding carboxylic acids is 2. The number of amides is 2. The predicted molar refractivity (Wildman–Crippen MR) is 99.0 cm³/mol. The van der Waals surface area contributed by atoms with Crippen molar-refractivity contribution in [3.05, 3.63) is 59.7 Å². The third-order valence-electron chi connectivity index (χ3n) is 3.75. The Morgan fingerprint density at radius 3 is 2.44 bits per heavy atom. The van der Waals surface area contributed by atoms with Crippen molar-refractivity contribution < 1.29 is 14.3 Å². The Labute approximate surface area is 148 Å². The van der Waals surface area contributed by atoms with Crippen molar-refractivity contribution in [3.63, 3.8) is 0 Å². The van der Waals surface area contributed by atoms with E-state index in [0.29, 0.717) is 30.8 Å². The Bertz CT molecular complexity index is 724. The second kappa shape index (κ2) is 8.87. The van der Waals surface area contributed by atoms with Crippen LogP contribution in [0.5, 0.6) is 5.75 Å². The van der Waals surface area contributed by atoms with Crippen LogP contribution in [0.2, 0.25) is 0 Å². The van der Waals surface area contributed by atoms with Gasteiger partial charge in [0.2, 0.25) is 5.91 Å². The summed E-state index contributed by atoms with van der Waals surface area (Å²) >= 11 is 0. The molecule has 0 aliphatic heterocycles. The van der Waals surface area contributed by atoms with Gasteiger partial charge >= 0.3 is 0 Å². The van der Waals surface area contributed by atoms with Gasteiger partial charge in [-0.2, -0.15) is 0 Å². The lowest BCUT2D eigenvalue weighted by molar-refractivity contribution is -0.128. The summed E-state index contributed by atoms with van der Waals surface area (Å²) in [5.74, 6) is 0.597. The van der Waals surface area contributed by atoms with Crippen LogP contribution in [0.15, 0.2) is 48.5 Å². The third-order valence-corrected chi connectivity index (χ3v) is 3.75. The molecule has 2 aromatic carbocycles. The highest BCUT2D eigenvalue weighted by molar-refractivity contribution is 6.04. The number of ether oxygens (including phenoxy) is 1. The molecule has 1 N–H and O–H groups in total. The molecule has 0 unspecified atom stereocenters. The van der Waals surface area contributed by atoms with Crippen molar-refractivity contribution in [2.45, 2.75) is 19.8 Å². The highest BCUT2D eigenvalue weighted by Crippen LogP contribution is 2.16. The summed E-state index contributed by atoms with van der Waals surface area (Å²) in [6, 6.07) is 14.6. The van der Waals surface area contributed by atoms with Crippen LogP contribution in [0.25, 0.3) is 0 Å². The molecule has 0 saturated heterocycles. The first-order valence-electron chi connectivity index (χ1n) is 8.33. The minimum Gasteiger partial charge on any atom is -0.494 e. The lowest BCUT2D eigenvalue weighted by Crippen LogP contribution is -2.21. The van der Waals surface area contributed by atoms with Gasteiger partial charge in [0.1, 0.15) is 5.75 Å². The smallest absolute Gasteiger partial charge is 0.255 e. The van der Waals surface area contributed by atoms with Gasteiger partial charge in [-0.15, -0.1) is 0 Å². The summed E-state index contributed by atoms with van der Waals surface area (Å²) in [4.78, 5) is 25.5. The average molecular weight is 340 g/mol. The molecule has 132 valence electrons. The summed E-state index contributed by atoms with van der Waals surface area (Å²) in [5, 5.41) is 2.87. The lowest BCUT2D eigenvalue weighted by Gasteiger charge is -2.10. The van der Waals surface area contributed by atoms with Gasteiger partial charge in [-0.25, -0.2) is 0 Å². The van der Waals surface area contributed by atoms with E-state index in [1.54, 1.807) is 37.2 Å². The number of anilines is 1. The molecular formula is C20H24N2O3. The number of nitrogens with zero attached hydrogens (tertiary/aromatic N) is 1. The summed E-state index contributed by atoms with van der Waals surface area (Å²) in [6.45, 7) is 2.46. The molecule has 0 aliphatic carbocycles. The summed E-state index contributed by atoms with van der Waals surface area (Å²) < 4.78 is 5.41. The van der Waals surface area contributed by atoms with E-state index >= 15 is 0 Å². The van der Waals surface area contributed by atoms with Crippen molar-refractivity contribution in [1.29, 1.82) is 0 Å². The number of hydrogen-bond acceptors (Lipinski definition) is 3. The normalized spacial score (nSPS) is 10.2. The van der Waals surface area contributed by atoms with Gasteiger partial charge in [-0.05, 0) is 49.2 Å². The largest absolute Gasteiger partial charge is 0.494 e. The van der Waals surface area contributed by atoms with Crippen molar-refractivity contribution in [3.8, 4) is 5.75 Å². The number of carbonyl (C=O) groups is 2. The quantitative estimate of drug-likeness (QED) is 0.841. The second-order valence-corrected chi connectivity index (χ2v) is 5.90. The molecule has 0 aliphatic rings. The van der Waals surface area contributed by atoms with Gasteiger partial charge in [0.15, 0.2) is 0 Å². The fraction of sp³-hybridized carbons (Fsp3) is 0.300. The monoisotopic (exact) mass is 340 g/mol. The van der Waals surface area contributed by atoms with Crippen LogP contribution in [0.3, 0.4) is 0 Å². The number of benzene rings is 2. The van der Waals surface area contributed by atoms with E-state index in [1.165, 1.54) is 0 Å². The number of aryl methyl sites for hydroxylation is 1.